The minimum absolute atomic E-state index is 0.181. The Morgan fingerprint density at radius 1 is 2.00 bits per heavy atom. The molecule has 0 heterocycles. The zero-order valence-electron chi connectivity index (χ0n) is 1.93. The maximum absolute atomic E-state index is 8.81. The summed E-state index contributed by atoms with van der Waals surface area (Å²) in [5.41, 5.74) is 1.25. The van der Waals surface area contributed by atoms with Gasteiger partial charge in [0.05, 0.1) is 0 Å². The van der Waals surface area contributed by atoms with Gasteiger partial charge in [-0.15, -0.1) is 0 Å². The molecule has 3 nitrogen and oxygen atoms in total. The van der Waals surface area contributed by atoms with Crippen molar-refractivity contribution < 1.29 is 10.0 Å². The van der Waals surface area contributed by atoms with E-state index in [1.165, 1.54) is 5.48 Å². The molecule has 2 N–H and O–H groups in total. The van der Waals surface area contributed by atoms with Crippen LogP contribution in [0.3, 0.4) is 0 Å². The lowest BCUT2D eigenvalue weighted by atomic mass is 11.6. The third-order valence-electron chi connectivity index (χ3n) is 0.0527. The van der Waals surface area contributed by atoms with Gasteiger partial charge in [-0.3, -0.25) is 10.0 Å². The summed E-state index contributed by atoms with van der Waals surface area (Å²) in [5, 5.41) is 7.26. The highest BCUT2D eigenvalue weighted by atomic mass is 16.7. The van der Waals surface area contributed by atoms with Crippen LogP contribution in [0.2, 0.25) is 0 Å². The van der Waals surface area contributed by atoms with Crippen molar-refractivity contribution in [2.24, 2.45) is 0 Å². The van der Waals surface area contributed by atoms with E-state index in [9.17, 15) is 0 Å². The average Bonchev–Trinajstić information content (AvgIpc) is 1.37. The van der Waals surface area contributed by atoms with E-state index in [-0.39, 0.29) is 6.41 Å². The summed E-state index contributed by atoms with van der Waals surface area (Å²) >= 11 is 0. The summed E-state index contributed by atoms with van der Waals surface area (Å²) in [6, 6.07) is 0. The number of nitrogens with one attached hydrogen (secondary N) is 1. The second-order valence-corrected chi connectivity index (χ2v) is 0.247. The van der Waals surface area contributed by atoms with Gasteiger partial charge in [0.2, 0.25) is 6.41 Å². The summed E-state index contributed by atoms with van der Waals surface area (Å²) < 4.78 is 0. The Morgan fingerprint density at radius 3 is 2.25 bits per heavy atom. The van der Waals surface area contributed by atoms with Crippen LogP contribution in [0.4, 0.5) is 0 Å². The van der Waals surface area contributed by atoms with Crippen LogP contribution < -0.4 is 5.48 Å². The quantitative estimate of drug-likeness (QED) is 0.179. The van der Waals surface area contributed by atoms with Crippen LogP contribution in [0.15, 0.2) is 0 Å². The number of hydrogen-bond donors (Lipinski definition) is 2. The summed E-state index contributed by atoms with van der Waals surface area (Å²) in [6.45, 7) is 0. The second kappa shape index (κ2) is 2.43. The summed E-state index contributed by atoms with van der Waals surface area (Å²) in [5.74, 6) is 0. The predicted octanol–water partition coefficient (Wildman–Crippen LogP) is -0.878. The fourth-order valence-electron chi connectivity index (χ4n) is 0. The highest BCUT2D eigenvalue weighted by Gasteiger charge is 1.44. The van der Waals surface area contributed by atoms with E-state index in [0.29, 0.717) is 0 Å². The highest BCUT2D eigenvalue weighted by Crippen LogP contribution is 1.08. The first-order valence-corrected chi connectivity index (χ1v) is 0.748. The van der Waals surface area contributed by atoms with Crippen molar-refractivity contribution >= 4 is 6.41 Å². The minimum atomic E-state index is 0.181. The Morgan fingerprint density at radius 2 is 2.25 bits per heavy atom. The van der Waals surface area contributed by atoms with Gasteiger partial charge in [-0.05, 0) is 0 Å². The van der Waals surface area contributed by atoms with Crippen molar-refractivity contribution in [2.45, 2.75) is 0 Å². The molecule has 4 heavy (non-hydrogen) atoms. The van der Waals surface area contributed by atoms with E-state index < -0.39 is 0 Å². The first-order chi connectivity index (χ1) is 1.91. The molecule has 0 atom stereocenters. The predicted molar refractivity (Wildman–Crippen MR) is 11.0 cm³/mol. The molecule has 0 unspecified atom stereocenters. The molecule has 0 spiro atoms. The van der Waals surface area contributed by atoms with Gasteiger partial charge in [-0.25, -0.2) is 5.48 Å². The molecule has 24 valence electrons. The molecule has 0 aliphatic rings. The van der Waals surface area contributed by atoms with E-state index in [2.05, 4.69) is 0 Å². The fourth-order valence-corrected chi connectivity index (χ4v) is 0. The van der Waals surface area contributed by atoms with Crippen molar-refractivity contribution in [3.05, 3.63) is 0 Å². The molecule has 0 aliphatic heterocycles. The molecule has 0 aromatic rings. The van der Waals surface area contributed by atoms with E-state index in [1.807, 2.05) is 0 Å². The molecule has 0 rings (SSSR count). The van der Waals surface area contributed by atoms with Crippen LogP contribution in [-0.4, -0.2) is 11.6 Å². The smallest absolute Gasteiger partial charge is 0.230 e. The van der Waals surface area contributed by atoms with Gasteiger partial charge < -0.3 is 0 Å². The molecule has 0 fully saturated rings. The summed E-state index contributed by atoms with van der Waals surface area (Å²) in [6.07, 6.45) is 0.181. The molecule has 0 aliphatic carbocycles. The third kappa shape index (κ3) is 1.43. The van der Waals surface area contributed by atoms with Crippen molar-refractivity contribution in [3.8, 4) is 0 Å². The standard InChI is InChI=1S/CH3NO2/c3-1-2-4/h1,4H,(H,2,3)/i2+1. The van der Waals surface area contributed by atoms with Crippen molar-refractivity contribution in [2.75, 3.05) is 0 Å². The van der Waals surface area contributed by atoms with Crippen molar-refractivity contribution in [1.29, 1.82) is 0 Å². The van der Waals surface area contributed by atoms with Gasteiger partial charge in [0.25, 0.3) is 0 Å². The van der Waals surface area contributed by atoms with Gasteiger partial charge >= 0.3 is 0 Å². The van der Waals surface area contributed by atoms with Crippen LogP contribution in [0.25, 0.3) is 0 Å². The van der Waals surface area contributed by atoms with E-state index in [0.717, 1.165) is 0 Å². The summed E-state index contributed by atoms with van der Waals surface area (Å²) in [4.78, 5) is 8.81. The molecule has 3 heteroatoms. The first-order valence-electron chi connectivity index (χ1n) is 0.748. The molecule has 0 aromatic carbocycles. The van der Waals surface area contributed by atoms with Gasteiger partial charge in [-0.1, -0.05) is 0 Å². The maximum Gasteiger partial charge on any atom is 0.230 e. The summed E-state index contributed by atoms with van der Waals surface area (Å²) in [7, 11) is 0. The SMILES string of the molecule is O=C[15NH]O. The Kier molecular flexibility index (Phi) is 2.08. The number of amides is 1. The Bertz CT molecular complexity index is 20.0. The molecule has 0 saturated heterocycles. The molecule has 1 amide bonds. The molecule has 0 saturated carbocycles. The van der Waals surface area contributed by atoms with Crippen molar-refractivity contribution in [1.82, 2.24) is 5.48 Å². The maximum atomic E-state index is 8.81. The van der Waals surface area contributed by atoms with Crippen LogP contribution >= 0.6 is 0 Å². The van der Waals surface area contributed by atoms with Gasteiger partial charge in [0, 0.05) is 0 Å². The molecular weight excluding hydrogens is 59.0 g/mol. The van der Waals surface area contributed by atoms with E-state index >= 15 is 0 Å². The van der Waals surface area contributed by atoms with Crippen LogP contribution in [0.1, 0.15) is 0 Å². The number of carbonyl (C=O) groups excluding carboxylic acids is 1. The van der Waals surface area contributed by atoms with Crippen LogP contribution in [-0.2, 0) is 4.79 Å². The lowest BCUT2D eigenvalue weighted by Gasteiger charge is -1.64. The van der Waals surface area contributed by atoms with Crippen LogP contribution in [0, 0.1) is 0 Å². The fraction of sp³-hybridized carbons (Fsp3) is 0. The lowest BCUT2D eigenvalue weighted by Crippen LogP contribution is -1.99. The minimum Gasteiger partial charge on any atom is -0.289 e. The van der Waals surface area contributed by atoms with Crippen molar-refractivity contribution in [3.63, 3.8) is 0 Å². The highest BCUT2D eigenvalue weighted by molar-refractivity contribution is 5.43. The monoisotopic (exact) mass is 62.0 g/mol. The molecule has 0 aromatic heterocycles. The van der Waals surface area contributed by atoms with E-state index in [4.69, 9.17) is 10.0 Å². The topological polar surface area (TPSA) is 49.3 Å². The zero-order chi connectivity index (χ0) is 3.41. The molecular formula is CH3NO2. The molecule has 0 radical (unpaired) electrons. The average molecular weight is 62.0 g/mol. The number of hydrogen-bond acceptors (Lipinski definition) is 2. The Hall–Kier alpha value is -0.570. The lowest BCUT2D eigenvalue weighted by molar-refractivity contribution is -0.116. The van der Waals surface area contributed by atoms with Crippen LogP contribution in [0.5, 0.6) is 0 Å². The largest absolute Gasteiger partial charge is 0.289 e. The Balaban J connectivity index is 2.30. The Labute approximate surface area is 23.2 Å². The van der Waals surface area contributed by atoms with Gasteiger partial charge in [0.1, 0.15) is 0 Å². The first kappa shape index (κ1) is 3.43. The van der Waals surface area contributed by atoms with Gasteiger partial charge in [-0.2, -0.15) is 0 Å². The number of carbonyl (C=O) groups is 1. The number of hydroxylamine groups is 1. The third-order valence-corrected chi connectivity index (χ3v) is 0.0527. The second-order valence-electron chi connectivity index (χ2n) is 0.247. The normalized spacial score (nSPS) is 5.25. The van der Waals surface area contributed by atoms with E-state index in [1.54, 1.807) is 0 Å². The van der Waals surface area contributed by atoms with Gasteiger partial charge in [0.15, 0.2) is 0 Å². The number of rotatable bonds is 1. The molecule has 0 bridgehead atoms. The zero-order valence-corrected chi connectivity index (χ0v) is 1.93.